The number of esters is 1. The molecular formula is C39H47ClINaO12. The van der Waals surface area contributed by atoms with E-state index in [9.17, 15) is 19.5 Å². The molecule has 0 fully saturated rings. The number of aromatic carboxylic acids is 2. The summed E-state index contributed by atoms with van der Waals surface area (Å²) in [4.78, 5) is 33.5. The molecule has 3 rings (SSSR count). The Hall–Kier alpha value is -3.67. The summed E-state index contributed by atoms with van der Waals surface area (Å²) in [5.41, 5.74) is 2.04. The molecule has 0 atom stereocenters. The molecule has 54 heavy (non-hydrogen) atoms. The number of methoxy groups -OCH3 is 3. The predicted molar refractivity (Wildman–Crippen MR) is 213 cm³/mol. The first-order valence-electron chi connectivity index (χ1n) is 15.4. The van der Waals surface area contributed by atoms with E-state index in [0.29, 0.717) is 47.2 Å². The van der Waals surface area contributed by atoms with Crippen LogP contribution >= 0.6 is 35.0 Å². The third-order valence-electron chi connectivity index (χ3n) is 6.29. The summed E-state index contributed by atoms with van der Waals surface area (Å²) in [6, 6.07) is 14.5. The largest absolute Gasteiger partial charge is 1.00 e. The number of carboxylic acid groups (broad SMARTS) is 2. The molecule has 15 heteroatoms. The molecule has 2 N–H and O–H groups in total. The molecule has 3 aromatic carbocycles. The Morgan fingerprint density at radius 3 is 1.43 bits per heavy atom. The van der Waals surface area contributed by atoms with Crippen LogP contribution in [0, 0.1) is 0 Å². The molecule has 0 aromatic heterocycles. The number of halogens is 2. The van der Waals surface area contributed by atoms with Crippen molar-refractivity contribution in [3.63, 3.8) is 0 Å². The van der Waals surface area contributed by atoms with Gasteiger partial charge in [-0.15, -0.1) is 32.1 Å². The Kier molecular flexibility index (Phi) is 34.3. The van der Waals surface area contributed by atoms with Crippen molar-refractivity contribution in [3.05, 3.63) is 139 Å². The summed E-state index contributed by atoms with van der Waals surface area (Å²) in [5, 5.41) is 28.5. The minimum atomic E-state index is -1.32. The van der Waals surface area contributed by atoms with Crippen molar-refractivity contribution >= 4 is 52.9 Å². The van der Waals surface area contributed by atoms with Gasteiger partial charge in [0.05, 0.1) is 71.5 Å². The molecule has 0 amide bonds. The fraction of sp³-hybridized carbons (Fsp3) is 0.256. The van der Waals surface area contributed by atoms with Crippen molar-refractivity contribution in [1.82, 2.24) is 0 Å². The zero-order valence-corrected chi connectivity index (χ0v) is 36.0. The van der Waals surface area contributed by atoms with Crippen LogP contribution in [-0.2, 0) is 34.0 Å². The molecule has 0 saturated heterocycles. The van der Waals surface area contributed by atoms with Gasteiger partial charge in [0.15, 0.2) is 0 Å². The standard InChI is InChI=1S/C15H18O4.C12H14O4.C9H10O4.C3H5I.ClH.Na/c1-4-9-18-11-13-12(15(16)19-10-5-2)7-6-8-14(13)17-3;1-3-7-16-8-10-9(12(13)14)5-4-6-11(10)15-2;1-13-8-4-2-3-6(9(11)12)7(8)5-10;1-2-3-4;;/h4-8H,1-2,9-11H2,3H3;3-6H,1,7-8H2,2H3,(H,13,14);2-4,10H,5H2,1H3,(H,11,12);2H,1,3H2;1H;/q;;;;;+1/p-1. The third-order valence-corrected chi connectivity index (χ3v) is 6.92. The molecule has 0 bridgehead atoms. The van der Waals surface area contributed by atoms with Gasteiger partial charge in [-0.2, -0.15) is 0 Å². The summed E-state index contributed by atoms with van der Waals surface area (Å²) in [7, 11) is 4.46. The first-order valence-corrected chi connectivity index (χ1v) is 16.9. The maximum Gasteiger partial charge on any atom is 1.00 e. The maximum absolute atomic E-state index is 11.9. The summed E-state index contributed by atoms with van der Waals surface area (Å²) in [6.07, 6.45) is 6.63. The first kappa shape index (κ1) is 54.7. The normalized spacial score (nSPS) is 9.13. The number of carboxylic acids is 2. The molecule has 290 valence electrons. The number of aliphatic hydroxyl groups is 1. The Bertz CT molecular complexity index is 1600. The summed E-state index contributed by atoms with van der Waals surface area (Å²) >= 11 is 2.23. The molecule has 0 radical (unpaired) electrons. The minimum Gasteiger partial charge on any atom is -0.545 e. The van der Waals surface area contributed by atoms with E-state index in [1.807, 2.05) is 6.08 Å². The number of ether oxygens (including phenoxy) is 6. The first-order chi connectivity index (χ1) is 25.1. The van der Waals surface area contributed by atoms with Crippen LogP contribution in [0.1, 0.15) is 47.8 Å². The summed E-state index contributed by atoms with van der Waals surface area (Å²) in [6.45, 7) is 15.1. The van der Waals surface area contributed by atoms with Crippen LogP contribution in [0.25, 0.3) is 0 Å². The molecule has 12 nitrogen and oxygen atoms in total. The maximum atomic E-state index is 11.9. The fourth-order valence-corrected chi connectivity index (χ4v) is 4.02. The van der Waals surface area contributed by atoms with E-state index in [1.165, 1.54) is 38.5 Å². The van der Waals surface area contributed by atoms with Gasteiger partial charge in [0.2, 0.25) is 0 Å². The van der Waals surface area contributed by atoms with Crippen molar-refractivity contribution < 1.29 is 87.7 Å². The Balaban J connectivity index is -0.000000684. The van der Waals surface area contributed by atoms with Crippen molar-refractivity contribution in [2.24, 2.45) is 0 Å². The van der Waals surface area contributed by atoms with Crippen molar-refractivity contribution in [2.75, 3.05) is 45.6 Å². The van der Waals surface area contributed by atoms with Gasteiger partial charge < -0.3 is 48.5 Å². The minimum absolute atomic E-state index is 0. The van der Waals surface area contributed by atoms with Crippen LogP contribution in [0.4, 0.5) is 0 Å². The van der Waals surface area contributed by atoms with Crippen molar-refractivity contribution in [3.8, 4) is 17.2 Å². The van der Waals surface area contributed by atoms with Crippen LogP contribution < -0.4 is 48.9 Å². The number of carbonyl (C=O) groups is 3. The topological polar surface area (TPSA) is 170 Å². The molecule has 0 unspecified atom stereocenters. The molecule has 3 aromatic rings. The number of benzene rings is 3. The van der Waals surface area contributed by atoms with E-state index >= 15 is 0 Å². The second-order valence-electron chi connectivity index (χ2n) is 9.65. The zero-order valence-electron chi connectivity index (χ0n) is 31.0. The molecule has 0 aliphatic carbocycles. The SMILES string of the molecule is C=CCI.C=CCOCc1c(OC)cccc1C(=O)O.C=CCOCc1c(OC)cccc1C(=O)OCC=C.COc1cccc(C(=O)[O-])c1CO.Cl.[Na+]. The van der Waals surface area contributed by atoms with Gasteiger partial charge in [0, 0.05) is 26.7 Å². The summed E-state index contributed by atoms with van der Waals surface area (Å²) < 4.78 is 31.9. The Morgan fingerprint density at radius 1 is 0.685 bits per heavy atom. The molecule has 0 saturated carbocycles. The Morgan fingerprint density at radius 2 is 1.07 bits per heavy atom. The van der Waals surface area contributed by atoms with Crippen LogP contribution in [0.2, 0.25) is 0 Å². The predicted octanol–water partition coefficient (Wildman–Crippen LogP) is 3.42. The fourth-order valence-electron chi connectivity index (χ4n) is 4.02. The van der Waals surface area contributed by atoms with Crippen molar-refractivity contribution in [2.45, 2.75) is 19.8 Å². The van der Waals surface area contributed by atoms with Crippen LogP contribution in [0.5, 0.6) is 17.2 Å². The van der Waals surface area contributed by atoms with Gasteiger partial charge in [0.25, 0.3) is 0 Å². The second-order valence-corrected chi connectivity index (χ2v) is 10.5. The number of carbonyl (C=O) groups excluding carboxylic acids is 2. The number of rotatable bonds is 18. The zero-order chi connectivity index (χ0) is 39.3. The smallest absolute Gasteiger partial charge is 0.545 e. The molecular weight excluding hydrogens is 846 g/mol. The van der Waals surface area contributed by atoms with Gasteiger partial charge in [0.1, 0.15) is 23.9 Å². The van der Waals surface area contributed by atoms with E-state index in [2.05, 4.69) is 48.9 Å². The molecule has 0 spiro atoms. The van der Waals surface area contributed by atoms with Crippen LogP contribution in [0.3, 0.4) is 0 Å². The number of hydrogen-bond donors (Lipinski definition) is 2. The second kappa shape index (κ2) is 33.9. The molecule has 0 aliphatic heterocycles. The monoisotopic (exact) mass is 892 g/mol. The number of hydrogen-bond acceptors (Lipinski definition) is 11. The average Bonchev–Trinajstić information content (AvgIpc) is 3.17. The quantitative estimate of drug-likeness (QED) is 0.0478. The number of aliphatic hydroxyl groups excluding tert-OH is 1. The van der Waals surface area contributed by atoms with Gasteiger partial charge in [-0.05, 0) is 30.3 Å². The number of allylic oxidation sites excluding steroid dienone is 1. The van der Waals surface area contributed by atoms with Gasteiger partial charge >= 0.3 is 41.5 Å². The summed E-state index contributed by atoms with van der Waals surface area (Å²) in [5.74, 6) is -1.26. The van der Waals surface area contributed by atoms with Gasteiger partial charge in [-0.3, -0.25) is 0 Å². The van der Waals surface area contributed by atoms with Crippen LogP contribution in [0.15, 0.2) is 105 Å². The number of alkyl halides is 1. The van der Waals surface area contributed by atoms with Crippen LogP contribution in [-0.4, -0.2) is 73.7 Å². The third kappa shape index (κ3) is 20.1. The van der Waals surface area contributed by atoms with E-state index in [1.54, 1.807) is 55.7 Å². The van der Waals surface area contributed by atoms with Gasteiger partial charge in [-0.1, -0.05) is 77.7 Å². The van der Waals surface area contributed by atoms with E-state index in [4.69, 9.17) is 38.6 Å². The molecule has 0 aliphatic rings. The van der Waals surface area contributed by atoms with Gasteiger partial charge in [-0.25, -0.2) is 9.59 Å². The van der Waals surface area contributed by atoms with E-state index in [-0.39, 0.29) is 85.1 Å². The Labute approximate surface area is 359 Å². The molecule has 0 heterocycles. The van der Waals surface area contributed by atoms with Crippen molar-refractivity contribution in [1.29, 1.82) is 0 Å². The average molecular weight is 893 g/mol. The van der Waals surface area contributed by atoms with E-state index in [0.717, 1.165) is 4.43 Å². The van der Waals surface area contributed by atoms with E-state index < -0.39 is 17.9 Å².